The van der Waals surface area contributed by atoms with E-state index >= 15 is 0 Å². The Hall–Kier alpha value is -1.59. The SMILES string of the molecule is CCC1(CNC(=O)NC(=O)CC(C)(C)CC(=O)O)CCC1. The highest BCUT2D eigenvalue weighted by molar-refractivity contribution is 5.94. The van der Waals surface area contributed by atoms with E-state index in [2.05, 4.69) is 17.6 Å². The van der Waals surface area contributed by atoms with E-state index in [4.69, 9.17) is 5.11 Å². The maximum absolute atomic E-state index is 11.8. The van der Waals surface area contributed by atoms with Gasteiger partial charge in [0.05, 0.1) is 6.42 Å². The molecule has 0 aromatic rings. The number of carbonyl (C=O) groups excluding carboxylic acids is 2. The van der Waals surface area contributed by atoms with Gasteiger partial charge in [-0.15, -0.1) is 0 Å². The summed E-state index contributed by atoms with van der Waals surface area (Å²) < 4.78 is 0. The molecule has 0 bridgehead atoms. The van der Waals surface area contributed by atoms with Gasteiger partial charge in [0.2, 0.25) is 5.91 Å². The Morgan fingerprint density at radius 1 is 1.19 bits per heavy atom. The first-order valence-electron chi connectivity index (χ1n) is 7.48. The van der Waals surface area contributed by atoms with Crippen molar-refractivity contribution in [1.82, 2.24) is 10.6 Å². The number of carboxylic acids is 1. The van der Waals surface area contributed by atoms with Crippen LogP contribution in [0.2, 0.25) is 0 Å². The summed E-state index contributed by atoms with van der Waals surface area (Å²) in [5.74, 6) is -1.40. The van der Waals surface area contributed by atoms with E-state index in [0.29, 0.717) is 6.54 Å². The van der Waals surface area contributed by atoms with Crippen molar-refractivity contribution in [2.45, 2.75) is 59.3 Å². The molecule has 1 aliphatic carbocycles. The summed E-state index contributed by atoms with van der Waals surface area (Å²) in [6, 6.07) is -0.495. The molecule has 1 fully saturated rings. The molecule has 0 aliphatic heterocycles. The van der Waals surface area contributed by atoms with Gasteiger partial charge in [-0.2, -0.15) is 0 Å². The number of imide groups is 1. The molecule has 0 aromatic heterocycles. The minimum absolute atomic E-state index is 0.00560. The van der Waals surface area contributed by atoms with Gasteiger partial charge < -0.3 is 10.4 Å². The summed E-state index contributed by atoms with van der Waals surface area (Å²) in [4.78, 5) is 34.2. The maximum atomic E-state index is 11.8. The van der Waals surface area contributed by atoms with Crippen LogP contribution in [0.4, 0.5) is 4.79 Å². The molecule has 21 heavy (non-hydrogen) atoms. The van der Waals surface area contributed by atoms with Crippen LogP contribution in [0.15, 0.2) is 0 Å². The second-order valence-corrected chi connectivity index (χ2v) is 6.85. The summed E-state index contributed by atoms with van der Waals surface area (Å²) in [7, 11) is 0. The Balaban J connectivity index is 2.33. The average Bonchev–Trinajstić information content (AvgIpc) is 2.24. The highest BCUT2D eigenvalue weighted by Crippen LogP contribution is 2.42. The first-order chi connectivity index (χ1) is 9.68. The Bertz CT molecular complexity index is 408. The molecule has 0 aromatic carbocycles. The Morgan fingerprint density at radius 2 is 1.81 bits per heavy atom. The first kappa shape index (κ1) is 17.5. The maximum Gasteiger partial charge on any atom is 0.321 e. The van der Waals surface area contributed by atoms with Crippen LogP contribution >= 0.6 is 0 Å². The molecular weight excluding hydrogens is 272 g/mol. The van der Waals surface area contributed by atoms with Gasteiger partial charge in [0.25, 0.3) is 0 Å². The summed E-state index contributed by atoms with van der Waals surface area (Å²) in [5, 5.41) is 13.8. The topological polar surface area (TPSA) is 95.5 Å². The standard InChI is InChI=1S/C15H26N2O4/c1-4-15(6-5-7-15)10-16-13(21)17-11(18)8-14(2,3)9-12(19)20/h4-10H2,1-3H3,(H,19,20)(H2,16,17,18,21). The molecule has 0 spiro atoms. The van der Waals surface area contributed by atoms with Crippen molar-refractivity contribution in [1.29, 1.82) is 0 Å². The molecule has 3 amide bonds. The van der Waals surface area contributed by atoms with Gasteiger partial charge in [0, 0.05) is 13.0 Å². The van der Waals surface area contributed by atoms with E-state index in [0.717, 1.165) is 19.3 Å². The van der Waals surface area contributed by atoms with Crippen molar-refractivity contribution in [2.75, 3.05) is 6.54 Å². The Morgan fingerprint density at radius 3 is 2.24 bits per heavy atom. The summed E-state index contributed by atoms with van der Waals surface area (Å²) >= 11 is 0. The van der Waals surface area contributed by atoms with E-state index in [1.165, 1.54) is 6.42 Å². The van der Waals surface area contributed by atoms with E-state index in [9.17, 15) is 14.4 Å². The van der Waals surface area contributed by atoms with E-state index in [1.54, 1.807) is 13.8 Å². The normalized spacial score (nSPS) is 16.7. The smallest absolute Gasteiger partial charge is 0.321 e. The van der Waals surface area contributed by atoms with Crippen LogP contribution in [0.25, 0.3) is 0 Å². The predicted octanol–water partition coefficient (Wildman–Crippen LogP) is 2.28. The average molecular weight is 298 g/mol. The molecule has 0 saturated heterocycles. The second kappa shape index (κ2) is 6.91. The molecular formula is C15H26N2O4. The summed E-state index contributed by atoms with van der Waals surface area (Å²) in [5.41, 5.74) is -0.474. The number of nitrogens with one attached hydrogen (secondary N) is 2. The Kier molecular flexibility index (Phi) is 5.75. The third-order valence-corrected chi connectivity index (χ3v) is 4.31. The zero-order chi connectivity index (χ0) is 16.1. The molecule has 0 heterocycles. The van der Waals surface area contributed by atoms with Crippen LogP contribution in [0.3, 0.4) is 0 Å². The number of amides is 3. The first-order valence-corrected chi connectivity index (χ1v) is 7.48. The number of rotatable bonds is 7. The molecule has 0 radical (unpaired) electrons. The fraction of sp³-hybridized carbons (Fsp3) is 0.800. The third kappa shape index (κ3) is 5.73. The van der Waals surface area contributed by atoms with Crippen LogP contribution < -0.4 is 10.6 Å². The third-order valence-electron chi connectivity index (χ3n) is 4.31. The molecule has 6 nitrogen and oxygen atoms in total. The molecule has 1 rings (SSSR count). The van der Waals surface area contributed by atoms with Gasteiger partial charge in [-0.25, -0.2) is 4.79 Å². The van der Waals surface area contributed by atoms with Gasteiger partial charge in [-0.1, -0.05) is 27.2 Å². The predicted molar refractivity (Wildman–Crippen MR) is 78.8 cm³/mol. The molecule has 6 heteroatoms. The summed E-state index contributed by atoms with van der Waals surface area (Å²) in [6.45, 7) is 6.08. The molecule has 1 saturated carbocycles. The van der Waals surface area contributed by atoms with Crippen LogP contribution in [-0.4, -0.2) is 29.6 Å². The van der Waals surface area contributed by atoms with Crippen molar-refractivity contribution < 1.29 is 19.5 Å². The highest BCUT2D eigenvalue weighted by atomic mass is 16.4. The molecule has 3 N–H and O–H groups in total. The zero-order valence-corrected chi connectivity index (χ0v) is 13.1. The zero-order valence-electron chi connectivity index (χ0n) is 13.1. The van der Waals surface area contributed by atoms with Crippen molar-refractivity contribution in [3.63, 3.8) is 0 Å². The van der Waals surface area contributed by atoms with Crippen molar-refractivity contribution >= 4 is 17.9 Å². The van der Waals surface area contributed by atoms with E-state index in [-0.39, 0.29) is 18.3 Å². The van der Waals surface area contributed by atoms with Gasteiger partial charge in [0.1, 0.15) is 0 Å². The van der Waals surface area contributed by atoms with Crippen LogP contribution in [0.1, 0.15) is 59.3 Å². The molecule has 0 atom stereocenters. The van der Waals surface area contributed by atoms with Crippen LogP contribution in [-0.2, 0) is 9.59 Å². The van der Waals surface area contributed by atoms with Crippen molar-refractivity contribution in [2.24, 2.45) is 10.8 Å². The lowest BCUT2D eigenvalue weighted by molar-refractivity contribution is -0.139. The van der Waals surface area contributed by atoms with E-state index < -0.39 is 23.3 Å². The lowest BCUT2D eigenvalue weighted by atomic mass is 9.67. The van der Waals surface area contributed by atoms with Gasteiger partial charge >= 0.3 is 12.0 Å². The van der Waals surface area contributed by atoms with Gasteiger partial charge in [-0.3, -0.25) is 14.9 Å². The van der Waals surface area contributed by atoms with Crippen LogP contribution in [0, 0.1) is 10.8 Å². The Labute approximate surface area is 125 Å². The molecule has 120 valence electrons. The monoisotopic (exact) mass is 298 g/mol. The van der Waals surface area contributed by atoms with Crippen LogP contribution in [0.5, 0.6) is 0 Å². The minimum atomic E-state index is -0.952. The lowest BCUT2D eigenvalue weighted by Crippen LogP contribution is -2.47. The summed E-state index contributed by atoms with van der Waals surface area (Å²) in [6.07, 6.45) is 4.34. The van der Waals surface area contributed by atoms with Gasteiger partial charge in [-0.05, 0) is 30.1 Å². The van der Waals surface area contributed by atoms with Crippen molar-refractivity contribution in [3.8, 4) is 0 Å². The second-order valence-electron chi connectivity index (χ2n) is 6.85. The fourth-order valence-corrected chi connectivity index (χ4v) is 2.72. The number of urea groups is 1. The van der Waals surface area contributed by atoms with Gasteiger partial charge in [0.15, 0.2) is 0 Å². The number of carboxylic acid groups (broad SMARTS) is 1. The number of hydrogen-bond acceptors (Lipinski definition) is 3. The number of aliphatic carboxylic acids is 1. The lowest BCUT2D eigenvalue weighted by Gasteiger charge is -2.41. The highest BCUT2D eigenvalue weighted by Gasteiger charge is 2.35. The van der Waals surface area contributed by atoms with Crippen molar-refractivity contribution in [3.05, 3.63) is 0 Å². The number of carbonyl (C=O) groups is 3. The fourth-order valence-electron chi connectivity index (χ4n) is 2.72. The number of hydrogen-bond donors (Lipinski definition) is 3. The quantitative estimate of drug-likeness (QED) is 0.672. The molecule has 0 unspecified atom stereocenters. The largest absolute Gasteiger partial charge is 0.481 e. The molecule has 1 aliphatic rings. The van der Waals surface area contributed by atoms with E-state index in [1.807, 2.05) is 0 Å². The minimum Gasteiger partial charge on any atom is -0.481 e.